The molecule has 1 aliphatic carbocycles. The zero-order valence-corrected chi connectivity index (χ0v) is 12.6. The SMILES string of the molecule is ClC(Cc1ccc2ccccc2n1)CC1CCCCC1. The van der Waals surface area contributed by atoms with E-state index in [-0.39, 0.29) is 5.38 Å². The lowest BCUT2D eigenvalue weighted by molar-refractivity contribution is 0.334. The van der Waals surface area contributed by atoms with Gasteiger partial charge in [0.2, 0.25) is 0 Å². The normalized spacial score (nSPS) is 18.2. The number of hydrogen-bond acceptors (Lipinski definition) is 1. The van der Waals surface area contributed by atoms with E-state index < -0.39 is 0 Å². The maximum Gasteiger partial charge on any atom is 0.0705 e. The molecule has 1 saturated carbocycles. The molecule has 1 aliphatic rings. The Hall–Kier alpha value is -1.08. The van der Waals surface area contributed by atoms with E-state index in [9.17, 15) is 0 Å². The molecule has 1 aromatic carbocycles. The number of rotatable bonds is 4. The van der Waals surface area contributed by atoms with E-state index in [4.69, 9.17) is 16.6 Å². The summed E-state index contributed by atoms with van der Waals surface area (Å²) in [6.45, 7) is 0. The Bertz CT molecular complexity index is 560. The van der Waals surface area contributed by atoms with Crippen molar-refractivity contribution in [2.45, 2.75) is 50.3 Å². The first-order valence-electron chi connectivity index (χ1n) is 7.80. The number of halogens is 1. The van der Waals surface area contributed by atoms with E-state index >= 15 is 0 Å². The largest absolute Gasteiger partial charge is 0.253 e. The number of hydrogen-bond donors (Lipinski definition) is 0. The molecule has 0 saturated heterocycles. The molecule has 0 radical (unpaired) electrons. The van der Waals surface area contributed by atoms with Gasteiger partial charge in [0.25, 0.3) is 0 Å². The van der Waals surface area contributed by atoms with Crippen LogP contribution in [0.25, 0.3) is 10.9 Å². The molecule has 106 valence electrons. The molecule has 0 amide bonds. The molecule has 0 aliphatic heterocycles. The van der Waals surface area contributed by atoms with Gasteiger partial charge in [0, 0.05) is 22.9 Å². The first-order chi connectivity index (χ1) is 9.81. The lowest BCUT2D eigenvalue weighted by Crippen LogP contribution is -2.14. The highest BCUT2D eigenvalue weighted by atomic mass is 35.5. The van der Waals surface area contributed by atoms with Crippen LogP contribution < -0.4 is 0 Å². The van der Waals surface area contributed by atoms with Crippen LogP contribution in [-0.4, -0.2) is 10.4 Å². The van der Waals surface area contributed by atoms with Gasteiger partial charge in [-0.05, 0) is 24.5 Å². The molecule has 0 bridgehead atoms. The number of alkyl halides is 1. The van der Waals surface area contributed by atoms with Crippen LogP contribution in [0.15, 0.2) is 36.4 Å². The van der Waals surface area contributed by atoms with Crippen molar-refractivity contribution in [2.75, 3.05) is 0 Å². The minimum absolute atomic E-state index is 0.228. The van der Waals surface area contributed by atoms with Crippen molar-refractivity contribution < 1.29 is 0 Å². The summed E-state index contributed by atoms with van der Waals surface area (Å²) in [6.07, 6.45) is 8.97. The summed E-state index contributed by atoms with van der Waals surface area (Å²) >= 11 is 6.56. The second-order valence-electron chi connectivity index (χ2n) is 6.04. The average molecular weight is 288 g/mol. The molecule has 2 heteroatoms. The molecule has 0 N–H and O–H groups in total. The van der Waals surface area contributed by atoms with Crippen molar-refractivity contribution in [3.05, 3.63) is 42.1 Å². The van der Waals surface area contributed by atoms with Crippen LogP contribution in [0.1, 0.15) is 44.2 Å². The highest BCUT2D eigenvalue weighted by Crippen LogP contribution is 2.29. The number of pyridine rings is 1. The van der Waals surface area contributed by atoms with Crippen molar-refractivity contribution in [3.63, 3.8) is 0 Å². The fraction of sp³-hybridized carbons (Fsp3) is 0.500. The third kappa shape index (κ3) is 3.52. The Kier molecular flexibility index (Phi) is 4.57. The van der Waals surface area contributed by atoms with Crippen LogP contribution in [0.2, 0.25) is 0 Å². The quantitative estimate of drug-likeness (QED) is 0.690. The van der Waals surface area contributed by atoms with E-state index in [1.54, 1.807) is 0 Å². The molecule has 1 nitrogen and oxygen atoms in total. The van der Waals surface area contributed by atoms with Gasteiger partial charge in [-0.3, -0.25) is 4.98 Å². The summed E-state index contributed by atoms with van der Waals surface area (Å²) in [5, 5.41) is 1.43. The zero-order chi connectivity index (χ0) is 13.8. The maximum atomic E-state index is 6.56. The number of nitrogens with zero attached hydrogens (tertiary/aromatic N) is 1. The molecule has 1 aromatic heterocycles. The fourth-order valence-electron chi connectivity index (χ4n) is 3.32. The molecule has 20 heavy (non-hydrogen) atoms. The van der Waals surface area contributed by atoms with E-state index in [0.717, 1.165) is 30.0 Å². The third-order valence-corrected chi connectivity index (χ3v) is 4.73. The summed E-state index contributed by atoms with van der Waals surface area (Å²) in [5.41, 5.74) is 2.20. The van der Waals surface area contributed by atoms with Crippen LogP contribution in [0.4, 0.5) is 0 Å². The third-order valence-electron chi connectivity index (χ3n) is 4.40. The molecular formula is C18H22ClN. The minimum Gasteiger partial charge on any atom is -0.253 e. The molecule has 1 heterocycles. The van der Waals surface area contributed by atoms with Gasteiger partial charge in [0.05, 0.1) is 5.52 Å². The summed E-state index contributed by atoms with van der Waals surface area (Å²) < 4.78 is 0. The first-order valence-corrected chi connectivity index (χ1v) is 8.23. The molecule has 1 fully saturated rings. The second-order valence-corrected chi connectivity index (χ2v) is 6.65. The Morgan fingerprint density at radius 2 is 1.85 bits per heavy atom. The van der Waals surface area contributed by atoms with Crippen LogP contribution in [-0.2, 0) is 6.42 Å². The van der Waals surface area contributed by atoms with Crippen LogP contribution >= 0.6 is 11.6 Å². The van der Waals surface area contributed by atoms with Gasteiger partial charge in [0.15, 0.2) is 0 Å². The van der Waals surface area contributed by atoms with Crippen LogP contribution in [0, 0.1) is 5.92 Å². The summed E-state index contributed by atoms with van der Waals surface area (Å²) in [4.78, 5) is 4.72. The first kappa shape index (κ1) is 13.9. The fourth-order valence-corrected chi connectivity index (χ4v) is 3.73. The number of fused-ring (bicyclic) bond motifs is 1. The van der Waals surface area contributed by atoms with Gasteiger partial charge in [0.1, 0.15) is 0 Å². The summed E-state index contributed by atoms with van der Waals surface area (Å²) in [6, 6.07) is 12.5. The van der Waals surface area contributed by atoms with Crippen LogP contribution in [0.5, 0.6) is 0 Å². The van der Waals surface area contributed by atoms with Gasteiger partial charge in [-0.1, -0.05) is 56.4 Å². The minimum atomic E-state index is 0.228. The molecule has 2 aromatic rings. The van der Waals surface area contributed by atoms with E-state index in [1.165, 1.54) is 37.5 Å². The topological polar surface area (TPSA) is 12.9 Å². The highest BCUT2D eigenvalue weighted by Gasteiger charge is 2.18. The van der Waals surface area contributed by atoms with Crippen molar-refractivity contribution >= 4 is 22.5 Å². The highest BCUT2D eigenvalue weighted by molar-refractivity contribution is 6.20. The van der Waals surface area contributed by atoms with Crippen molar-refractivity contribution in [1.29, 1.82) is 0 Å². The van der Waals surface area contributed by atoms with E-state index in [1.807, 2.05) is 6.07 Å². The van der Waals surface area contributed by atoms with Gasteiger partial charge in [-0.15, -0.1) is 11.6 Å². The van der Waals surface area contributed by atoms with Crippen molar-refractivity contribution in [3.8, 4) is 0 Å². The second kappa shape index (κ2) is 6.58. The predicted octanol–water partition coefficient (Wildman–Crippen LogP) is 5.36. The Morgan fingerprint density at radius 1 is 1.05 bits per heavy atom. The number of para-hydroxylation sites is 1. The predicted molar refractivity (Wildman–Crippen MR) is 86.3 cm³/mol. The average Bonchev–Trinajstić information content (AvgIpc) is 2.48. The lowest BCUT2D eigenvalue weighted by Gasteiger charge is -2.23. The molecule has 3 rings (SSSR count). The summed E-state index contributed by atoms with van der Waals surface area (Å²) in [5.74, 6) is 0.840. The Balaban J connectivity index is 1.62. The number of aromatic nitrogens is 1. The van der Waals surface area contributed by atoms with E-state index in [0.29, 0.717) is 0 Å². The van der Waals surface area contributed by atoms with Gasteiger partial charge >= 0.3 is 0 Å². The zero-order valence-electron chi connectivity index (χ0n) is 11.9. The van der Waals surface area contributed by atoms with Crippen molar-refractivity contribution in [2.24, 2.45) is 5.92 Å². The van der Waals surface area contributed by atoms with Gasteiger partial charge in [-0.25, -0.2) is 0 Å². The lowest BCUT2D eigenvalue weighted by atomic mass is 9.85. The van der Waals surface area contributed by atoms with Crippen LogP contribution in [0.3, 0.4) is 0 Å². The molecule has 1 atom stereocenters. The standard InChI is InChI=1S/C18H22ClN/c19-16(12-14-6-2-1-3-7-14)13-17-11-10-15-8-4-5-9-18(15)20-17/h4-5,8-11,14,16H,1-3,6-7,12-13H2. The van der Waals surface area contributed by atoms with E-state index in [2.05, 4.69) is 30.3 Å². The van der Waals surface area contributed by atoms with Gasteiger partial charge in [-0.2, -0.15) is 0 Å². The number of benzene rings is 1. The monoisotopic (exact) mass is 287 g/mol. The van der Waals surface area contributed by atoms with Gasteiger partial charge < -0.3 is 0 Å². The molecular weight excluding hydrogens is 266 g/mol. The Morgan fingerprint density at radius 3 is 2.70 bits per heavy atom. The van der Waals surface area contributed by atoms with Crippen molar-refractivity contribution in [1.82, 2.24) is 4.98 Å². The molecule has 0 spiro atoms. The molecule has 1 unspecified atom stereocenters. The smallest absolute Gasteiger partial charge is 0.0705 e. The summed E-state index contributed by atoms with van der Waals surface area (Å²) in [7, 11) is 0. The Labute approximate surface area is 126 Å². The maximum absolute atomic E-state index is 6.56.